The van der Waals surface area contributed by atoms with Gasteiger partial charge in [-0.25, -0.2) is 0 Å². The Labute approximate surface area is 223 Å². The van der Waals surface area contributed by atoms with Gasteiger partial charge >= 0.3 is 0 Å². The van der Waals surface area contributed by atoms with Gasteiger partial charge in [0, 0.05) is 18.5 Å². The maximum atomic E-state index is 6.30. The zero-order valence-corrected chi connectivity index (χ0v) is 21.6. The number of rotatable bonds is 8. The molecule has 3 heterocycles. The van der Waals surface area contributed by atoms with Crippen LogP contribution in [0.5, 0.6) is 11.8 Å². The van der Waals surface area contributed by atoms with E-state index in [-0.39, 0.29) is 0 Å². The maximum Gasteiger partial charge on any atom is 0.226 e. The van der Waals surface area contributed by atoms with E-state index in [1.165, 1.54) is 18.4 Å². The van der Waals surface area contributed by atoms with Crippen molar-refractivity contribution in [3.8, 4) is 23.0 Å². The number of hydrogen-bond acceptors (Lipinski definition) is 5. The van der Waals surface area contributed by atoms with Gasteiger partial charge in [-0.15, -0.1) is 0 Å². The molecule has 0 unspecified atom stereocenters. The molecule has 1 aliphatic rings. The van der Waals surface area contributed by atoms with Crippen molar-refractivity contribution in [1.29, 1.82) is 0 Å². The van der Waals surface area contributed by atoms with Crippen molar-refractivity contribution in [3.05, 3.63) is 108 Å². The number of benzene rings is 3. The molecule has 0 amide bonds. The fourth-order valence-corrected chi connectivity index (χ4v) is 5.13. The summed E-state index contributed by atoms with van der Waals surface area (Å²) >= 11 is 0. The van der Waals surface area contributed by atoms with Gasteiger partial charge in [0.15, 0.2) is 0 Å². The number of hydrogen-bond donors (Lipinski definition) is 1. The molecule has 38 heavy (non-hydrogen) atoms. The third-order valence-corrected chi connectivity index (χ3v) is 7.22. The Kier molecular flexibility index (Phi) is 7.05. The molecule has 0 aliphatic carbocycles. The zero-order chi connectivity index (χ0) is 25.7. The zero-order valence-electron chi connectivity index (χ0n) is 21.6. The summed E-state index contributed by atoms with van der Waals surface area (Å²) in [7, 11) is 2.01. The lowest BCUT2D eigenvalue weighted by atomic mass is 9.89. The van der Waals surface area contributed by atoms with Crippen molar-refractivity contribution in [3.63, 3.8) is 0 Å². The monoisotopic (exact) mass is 504 g/mol. The SMILES string of the molecule is Cn1nc(-c2ccc(OCc3ccccc3)nc2OCc2ccccc2)c2ccc(C3CCNCC3)cc21. The second kappa shape index (κ2) is 11.1. The number of aryl methyl sites for hydroxylation is 1. The first-order valence-electron chi connectivity index (χ1n) is 13.3. The Hall–Kier alpha value is -4.16. The molecule has 2 aromatic heterocycles. The number of nitrogens with one attached hydrogen (secondary N) is 1. The average Bonchev–Trinajstić information content (AvgIpc) is 3.32. The number of piperidine rings is 1. The standard InChI is InChI=1S/C32H32N4O2/c1-36-29-20-26(25-16-18-33-19-17-25)12-13-27(29)31(35-36)28-14-15-30(37-21-23-8-4-2-5-9-23)34-32(28)38-22-24-10-6-3-7-11-24/h2-15,20,25,33H,16-19,21-22H2,1H3. The second-order valence-corrected chi connectivity index (χ2v) is 9.82. The number of ether oxygens (including phenoxy) is 2. The van der Waals surface area contributed by atoms with E-state index in [9.17, 15) is 0 Å². The van der Waals surface area contributed by atoms with Gasteiger partial charge < -0.3 is 14.8 Å². The lowest BCUT2D eigenvalue weighted by Crippen LogP contribution is -2.26. The van der Waals surface area contributed by atoms with E-state index in [2.05, 4.69) is 23.5 Å². The van der Waals surface area contributed by atoms with Crippen molar-refractivity contribution in [2.75, 3.05) is 13.1 Å². The smallest absolute Gasteiger partial charge is 0.226 e. The van der Waals surface area contributed by atoms with Crippen LogP contribution in [0, 0.1) is 0 Å². The molecule has 5 aromatic rings. The minimum atomic E-state index is 0.410. The van der Waals surface area contributed by atoms with Crippen LogP contribution in [0.2, 0.25) is 0 Å². The first-order valence-corrected chi connectivity index (χ1v) is 13.3. The van der Waals surface area contributed by atoms with Crippen LogP contribution < -0.4 is 14.8 Å². The van der Waals surface area contributed by atoms with Gasteiger partial charge in [0.1, 0.15) is 18.9 Å². The molecule has 0 saturated carbocycles. The molecule has 1 aliphatic heterocycles. The Morgan fingerprint density at radius 1 is 0.816 bits per heavy atom. The van der Waals surface area contributed by atoms with Crippen molar-refractivity contribution in [2.24, 2.45) is 7.05 Å². The van der Waals surface area contributed by atoms with E-state index < -0.39 is 0 Å². The van der Waals surface area contributed by atoms with Gasteiger partial charge in [0.05, 0.1) is 11.1 Å². The summed E-state index contributed by atoms with van der Waals surface area (Å²) in [6.45, 7) is 3.00. The van der Waals surface area contributed by atoms with Crippen LogP contribution in [0.3, 0.4) is 0 Å². The highest BCUT2D eigenvalue weighted by Crippen LogP contribution is 2.37. The fourth-order valence-electron chi connectivity index (χ4n) is 5.13. The molecular formula is C32H32N4O2. The molecule has 6 rings (SSSR count). The van der Waals surface area contributed by atoms with Gasteiger partial charge in [-0.2, -0.15) is 10.1 Å². The van der Waals surface area contributed by atoms with Crippen LogP contribution in [-0.2, 0) is 20.3 Å². The molecule has 0 radical (unpaired) electrons. The van der Waals surface area contributed by atoms with Crippen molar-refractivity contribution in [2.45, 2.75) is 32.0 Å². The lowest BCUT2D eigenvalue weighted by molar-refractivity contribution is 0.268. The molecule has 6 heteroatoms. The molecule has 0 atom stereocenters. The Morgan fingerprint density at radius 3 is 2.21 bits per heavy atom. The van der Waals surface area contributed by atoms with Crippen molar-refractivity contribution >= 4 is 10.9 Å². The highest BCUT2D eigenvalue weighted by atomic mass is 16.5. The van der Waals surface area contributed by atoms with Gasteiger partial charge in [-0.3, -0.25) is 4.68 Å². The summed E-state index contributed by atoms with van der Waals surface area (Å²) < 4.78 is 14.3. The van der Waals surface area contributed by atoms with E-state index in [1.807, 2.05) is 84.5 Å². The molecule has 1 saturated heterocycles. The van der Waals surface area contributed by atoms with E-state index >= 15 is 0 Å². The summed E-state index contributed by atoms with van der Waals surface area (Å²) in [5, 5.41) is 9.48. The quantitative estimate of drug-likeness (QED) is 0.270. The van der Waals surface area contributed by atoms with Crippen LogP contribution in [0.4, 0.5) is 0 Å². The first kappa shape index (κ1) is 24.2. The van der Waals surface area contributed by atoms with E-state index in [0.717, 1.165) is 46.4 Å². The van der Waals surface area contributed by atoms with Crippen LogP contribution >= 0.6 is 0 Å². The topological polar surface area (TPSA) is 61.2 Å². The van der Waals surface area contributed by atoms with E-state index in [1.54, 1.807) is 0 Å². The summed E-state index contributed by atoms with van der Waals surface area (Å²) in [5.74, 6) is 1.63. The minimum Gasteiger partial charge on any atom is -0.473 e. The van der Waals surface area contributed by atoms with Crippen molar-refractivity contribution < 1.29 is 9.47 Å². The second-order valence-electron chi connectivity index (χ2n) is 9.82. The van der Waals surface area contributed by atoms with Gasteiger partial charge in [0.2, 0.25) is 11.8 Å². The molecule has 0 bridgehead atoms. The van der Waals surface area contributed by atoms with Crippen LogP contribution in [0.1, 0.15) is 35.4 Å². The first-order chi connectivity index (χ1) is 18.7. The Morgan fingerprint density at radius 2 is 1.50 bits per heavy atom. The lowest BCUT2D eigenvalue weighted by Gasteiger charge is -2.23. The molecule has 1 N–H and O–H groups in total. The number of pyridine rings is 1. The van der Waals surface area contributed by atoms with E-state index in [4.69, 9.17) is 19.6 Å². The highest BCUT2D eigenvalue weighted by molar-refractivity contribution is 5.95. The molecule has 1 fully saturated rings. The van der Waals surface area contributed by atoms with Gasteiger partial charge in [-0.05, 0) is 60.7 Å². The summed E-state index contributed by atoms with van der Waals surface area (Å²) in [6.07, 6.45) is 2.34. The Balaban J connectivity index is 1.34. The Bertz CT molecular complexity index is 1510. The van der Waals surface area contributed by atoms with Crippen LogP contribution in [0.25, 0.3) is 22.2 Å². The minimum absolute atomic E-state index is 0.410. The average molecular weight is 505 g/mol. The molecular weight excluding hydrogens is 472 g/mol. The van der Waals surface area contributed by atoms with E-state index in [0.29, 0.717) is 30.9 Å². The fraction of sp³-hybridized carbons (Fsp3) is 0.250. The molecule has 3 aromatic carbocycles. The highest BCUT2D eigenvalue weighted by Gasteiger charge is 2.20. The third kappa shape index (κ3) is 5.27. The normalized spacial score (nSPS) is 14.0. The predicted octanol–water partition coefficient (Wildman–Crippen LogP) is 6.26. The largest absolute Gasteiger partial charge is 0.473 e. The molecule has 6 nitrogen and oxygen atoms in total. The molecule has 0 spiro atoms. The third-order valence-electron chi connectivity index (χ3n) is 7.22. The number of aromatic nitrogens is 3. The maximum absolute atomic E-state index is 6.30. The summed E-state index contributed by atoms with van der Waals surface area (Å²) in [4.78, 5) is 4.79. The number of fused-ring (bicyclic) bond motifs is 1. The molecule has 192 valence electrons. The van der Waals surface area contributed by atoms with Gasteiger partial charge in [-0.1, -0.05) is 72.8 Å². The summed E-state index contributed by atoms with van der Waals surface area (Å²) in [5.41, 5.74) is 6.39. The van der Waals surface area contributed by atoms with Gasteiger partial charge in [0.25, 0.3) is 0 Å². The predicted molar refractivity (Wildman–Crippen MR) is 150 cm³/mol. The van der Waals surface area contributed by atoms with Crippen molar-refractivity contribution in [1.82, 2.24) is 20.1 Å². The van der Waals surface area contributed by atoms with Crippen LogP contribution in [0.15, 0.2) is 91.0 Å². The number of nitrogens with zero attached hydrogens (tertiary/aromatic N) is 3. The summed E-state index contributed by atoms with van der Waals surface area (Å²) in [6, 6.07) is 30.9. The van der Waals surface area contributed by atoms with Crippen LogP contribution in [-0.4, -0.2) is 27.9 Å².